The largest absolute Gasteiger partial charge is 0.310 e. The Morgan fingerprint density at radius 1 is 0.340 bits per heavy atom. The van der Waals surface area contributed by atoms with Crippen molar-refractivity contribution < 1.29 is 0 Å². The Kier molecular flexibility index (Phi) is 6.29. The number of hydrogen-bond donors (Lipinski definition) is 0. The summed E-state index contributed by atoms with van der Waals surface area (Å²) in [5, 5.41) is 10.1. The lowest BCUT2D eigenvalue weighted by molar-refractivity contribution is 0.660. The highest BCUT2D eigenvalue weighted by Gasteiger charge is 2.36. The van der Waals surface area contributed by atoms with Gasteiger partial charge in [0.05, 0.1) is 0 Å². The molecule has 0 amide bonds. The Labute approximate surface area is 292 Å². The number of nitrogens with zero attached hydrogens (tertiary/aromatic N) is 1. The van der Waals surface area contributed by atoms with E-state index in [0.717, 1.165) is 17.1 Å². The Bertz CT molecular complexity index is 2670. The highest BCUT2D eigenvalue weighted by atomic mass is 15.1. The summed E-state index contributed by atoms with van der Waals surface area (Å²) in [5.41, 5.74) is 11.2. The van der Waals surface area contributed by atoms with Gasteiger partial charge >= 0.3 is 0 Å². The summed E-state index contributed by atoms with van der Waals surface area (Å²) in [4.78, 5) is 2.44. The van der Waals surface area contributed by atoms with E-state index in [1.165, 1.54) is 76.5 Å². The molecule has 50 heavy (non-hydrogen) atoms. The number of hydrogen-bond acceptors (Lipinski definition) is 1. The summed E-state index contributed by atoms with van der Waals surface area (Å²) >= 11 is 0. The van der Waals surface area contributed by atoms with E-state index in [2.05, 4.69) is 195 Å². The van der Waals surface area contributed by atoms with Crippen molar-refractivity contribution in [3.8, 4) is 22.3 Å². The van der Waals surface area contributed by atoms with Crippen LogP contribution in [0.2, 0.25) is 0 Å². The van der Waals surface area contributed by atoms with Gasteiger partial charge in [0.15, 0.2) is 0 Å². The summed E-state index contributed by atoms with van der Waals surface area (Å²) < 4.78 is 0. The lowest BCUT2D eigenvalue weighted by Crippen LogP contribution is -2.16. The van der Waals surface area contributed by atoms with Gasteiger partial charge in [0.1, 0.15) is 0 Å². The Hall–Kier alpha value is -6.18. The molecule has 0 saturated carbocycles. The molecular weight excluding hydrogens is 603 g/mol. The maximum atomic E-state index is 2.44. The molecule has 0 radical (unpaired) electrons. The Morgan fingerprint density at radius 3 is 1.42 bits per heavy atom. The number of benzene rings is 9. The fourth-order valence-electron chi connectivity index (χ4n) is 8.40. The minimum atomic E-state index is -0.151. The first kappa shape index (κ1) is 28.8. The lowest BCUT2D eigenvalue weighted by Gasteiger charge is -2.29. The van der Waals surface area contributed by atoms with E-state index in [-0.39, 0.29) is 5.41 Å². The maximum absolute atomic E-state index is 2.44. The van der Waals surface area contributed by atoms with E-state index in [0.29, 0.717) is 0 Å². The topological polar surface area (TPSA) is 3.24 Å². The molecule has 1 nitrogen and oxygen atoms in total. The Morgan fingerprint density at radius 2 is 0.800 bits per heavy atom. The van der Waals surface area contributed by atoms with Crippen molar-refractivity contribution in [2.75, 3.05) is 4.90 Å². The van der Waals surface area contributed by atoms with Gasteiger partial charge in [-0.15, -0.1) is 0 Å². The summed E-state index contributed by atoms with van der Waals surface area (Å²) in [6, 6.07) is 65.0. The van der Waals surface area contributed by atoms with Gasteiger partial charge in [0, 0.05) is 22.5 Å². The molecule has 1 heteroatoms. The third kappa shape index (κ3) is 4.40. The van der Waals surface area contributed by atoms with Gasteiger partial charge < -0.3 is 4.90 Å². The molecule has 10 rings (SSSR count). The van der Waals surface area contributed by atoms with Crippen molar-refractivity contribution >= 4 is 60.2 Å². The van der Waals surface area contributed by atoms with E-state index < -0.39 is 0 Å². The first-order valence-corrected chi connectivity index (χ1v) is 17.5. The second kappa shape index (κ2) is 10.9. The van der Waals surface area contributed by atoms with Crippen LogP contribution in [0.5, 0.6) is 0 Å². The average molecular weight is 638 g/mol. The van der Waals surface area contributed by atoms with Crippen LogP contribution in [-0.2, 0) is 5.41 Å². The third-order valence-corrected chi connectivity index (χ3v) is 11.0. The second-order valence-electron chi connectivity index (χ2n) is 14.2. The molecule has 0 atom stereocenters. The minimum absolute atomic E-state index is 0.151. The predicted octanol–water partition coefficient (Wildman–Crippen LogP) is 13.7. The summed E-state index contributed by atoms with van der Waals surface area (Å²) in [6.07, 6.45) is 0. The number of rotatable bonds is 4. The van der Waals surface area contributed by atoms with E-state index in [9.17, 15) is 0 Å². The van der Waals surface area contributed by atoms with Crippen molar-refractivity contribution in [2.45, 2.75) is 19.3 Å². The molecule has 0 aliphatic heterocycles. The van der Waals surface area contributed by atoms with Crippen molar-refractivity contribution in [2.24, 2.45) is 0 Å². The van der Waals surface area contributed by atoms with E-state index in [4.69, 9.17) is 0 Å². The zero-order chi connectivity index (χ0) is 33.4. The molecule has 1 aliphatic carbocycles. The first-order chi connectivity index (χ1) is 24.5. The van der Waals surface area contributed by atoms with Crippen molar-refractivity contribution in [3.63, 3.8) is 0 Å². The maximum Gasteiger partial charge on any atom is 0.0468 e. The zero-order valence-corrected chi connectivity index (χ0v) is 28.2. The summed E-state index contributed by atoms with van der Waals surface area (Å²) in [5.74, 6) is 0. The summed E-state index contributed by atoms with van der Waals surface area (Å²) in [6.45, 7) is 4.76. The lowest BCUT2D eigenvalue weighted by atomic mass is 9.81. The molecule has 0 saturated heterocycles. The average Bonchev–Trinajstić information content (AvgIpc) is 3.40. The molecule has 0 fully saturated rings. The van der Waals surface area contributed by atoms with Gasteiger partial charge in [-0.3, -0.25) is 0 Å². The molecule has 236 valence electrons. The van der Waals surface area contributed by atoms with Crippen LogP contribution in [0, 0.1) is 0 Å². The Balaban J connectivity index is 1.15. The van der Waals surface area contributed by atoms with E-state index in [1.54, 1.807) is 0 Å². The molecule has 0 bridgehead atoms. The van der Waals surface area contributed by atoms with Crippen LogP contribution in [0.4, 0.5) is 17.1 Å². The molecule has 0 unspecified atom stereocenters. The van der Waals surface area contributed by atoms with Crippen LogP contribution in [0.15, 0.2) is 176 Å². The highest BCUT2D eigenvalue weighted by molar-refractivity contribution is 6.10. The molecule has 1 aliphatic rings. The quantitative estimate of drug-likeness (QED) is 0.174. The molecule has 9 aromatic rings. The summed E-state index contributed by atoms with van der Waals surface area (Å²) in [7, 11) is 0. The van der Waals surface area contributed by atoms with Gasteiger partial charge in [0.25, 0.3) is 0 Å². The normalized spacial score (nSPS) is 13.2. The van der Waals surface area contributed by atoms with Crippen LogP contribution in [-0.4, -0.2) is 0 Å². The van der Waals surface area contributed by atoms with Crippen molar-refractivity contribution in [3.05, 3.63) is 187 Å². The molecule has 0 N–H and O–H groups in total. The fraction of sp³-hybridized carbons (Fsp3) is 0.0612. The smallest absolute Gasteiger partial charge is 0.0468 e. The van der Waals surface area contributed by atoms with E-state index >= 15 is 0 Å². The van der Waals surface area contributed by atoms with Gasteiger partial charge in [-0.25, -0.2) is 0 Å². The monoisotopic (exact) mass is 637 g/mol. The van der Waals surface area contributed by atoms with Crippen LogP contribution >= 0.6 is 0 Å². The molecule has 0 heterocycles. The molecule has 0 spiro atoms. The van der Waals surface area contributed by atoms with Crippen LogP contribution in [0.3, 0.4) is 0 Å². The van der Waals surface area contributed by atoms with Crippen LogP contribution in [0.25, 0.3) is 65.3 Å². The van der Waals surface area contributed by atoms with Crippen LogP contribution in [0.1, 0.15) is 25.0 Å². The molecule has 9 aromatic carbocycles. The van der Waals surface area contributed by atoms with Gasteiger partial charge in [-0.1, -0.05) is 147 Å². The third-order valence-electron chi connectivity index (χ3n) is 11.0. The zero-order valence-electron chi connectivity index (χ0n) is 28.2. The second-order valence-corrected chi connectivity index (χ2v) is 14.2. The highest BCUT2D eigenvalue weighted by Crippen LogP contribution is 2.52. The van der Waals surface area contributed by atoms with Crippen molar-refractivity contribution in [1.82, 2.24) is 0 Å². The van der Waals surface area contributed by atoms with Crippen LogP contribution < -0.4 is 4.90 Å². The molecular formula is C49H35N. The standard InChI is InChI=1S/C49H35N/c1-49(2)47-30-35(32-10-4-3-5-11-32)20-24-45(47)46-27-23-40(31-48(46)49)50(38-21-25-43-36(28-38)18-16-33-12-6-8-14-41(33)43)39-22-26-44-37(29-39)19-17-34-13-7-9-15-42(34)44/h3-31H,1-2H3. The molecule has 0 aromatic heterocycles. The first-order valence-electron chi connectivity index (χ1n) is 17.5. The predicted molar refractivity (Wildman–Crippen MR) is 214 cm³/mol. The van der Waals surface area contributed by atoms with Gasteiger partial charge in [-0.05, 0) is 119 Å². The van der Waals surface area contributed by atoms with Gasteiger partial charge in [-0.2, -0.15) is 0 Å². The fourth-order valence-corrected chi connectivity index (χ4v) is 8.40. The van der Waals surface area contributed by atoms with Crippen molar-refractivity contribution in [1.29, 1.82) is 0 Å². The SMILES string of the molecule is CC1(C)c2cc(-c3ccccc3)ccc2-c2ccc(N(c3ccc4c(ccc5ccccc54)c3)c3ccc4c(ccc5ccccc54)c3)cc21. The van der Waals surface area contributed by atoms with E-state index in [1.807, 2.05) is 0 Å². The number of fused-ring (bicyclic) bond motifs is 9. The number of anilines is 3. The minimum Gasteiger partial charge on any atom is -0.310 e. The van der Waals surface area contributed by atoms with Gasteiger partial charge in [0.2, 0.25) is 0 Å².